The Balaban J connectivity index is 1.65. The SMILES string of the molecule is CC(C)N1CCc2ccc(Cn3ncc4c(N)nc(Cl)nc43)cc2C1. The fourth-order valence-corrected chi connectivity index (χ4v) is 3.58. The van der Waals surface area contributed by atoms with Crippen LogP contribution in [0.1, 0.15) is 30.5 Å². The van der Waals surface area contributed by atoms with E-state index in [4.69, 9.17) is 17.3 Å². The van der Waals surface area contributed by atoms with Gasteiger partial charge in [-0.1, -0.05) is 18.2 Å². The lowest BCUT2D eigenvalue weighted by molar-refractivity contribution is 0.203. The van der Waals surface area contributed by atoms with Gasteiger partial charge in [-0.15, -0.1) is 0 Å². The largest absolute Gasteiger partial charge is 0.383 e. The van der Waals surface area contributed by atoms with Crippen molar-refractivity contribution in [3.8, 4) is 0 Å². The Labute approximate surface area is 151 Å². The predicted octanol–water partition coefficient (Wildman–Crippen LogP) is 2.88. The van der Waals surface area contributed by atoms with Crippen molar-refractivity contribution in [2.24, 2.45) is 0 Å². The number of fused-ring (bicyclic) bond motifs is 2. The number of hydrogen-bond acceptors (Lipinski definition) is 5. The second-order valence-corrected chi connectivity index (χ2v) is 7.17. The van der Waals surface area contributed by atoms with Crippen LogP contribution in [-0.2, 0) is 19.5 Å². The molecule has 0 saturated carbocycles. The molecule has 130 valence electrons. The lowest BCUT2D eigenvalue weighted by Gasteiger charge is -2.32. The van der Waals surface area contributed by atoms with Gasteiger partial charge in [-0.3, -0.25) is 4.90 Å². The Morgan fingerprint density at radius 2 is 2.08 bits per heavy atom. The Bertz CT molecular complexity index is 933. The zero-order chi connectivity index (χ0) is 17.6. The van der Waals surface area contributed by atoms with E-state index in [0.29, 0.717) is 24.1 Å². The minimum Gasteiger partial charge on any atom is -0.383 e. The molecule has 2 aromatic heterocycles. The summed E-state index contributed by atoms with van der Waals surface area (Å²) in [7, 11) is 0. The van der Waals surface area contributed by atoms with Gasteiger partial charge in [0.05, 0.1) is 18.1 Å². The summed E-state index contributed by atoms with van der Waals surface area (Å²) in [5, 5.41) is 5.29. The first-order valence-electron chi connectivity index (χ1n) is 8.50. The van der Waals surface area contributed by atoms with Crippen molar-refractivity contribution < 1.29 is 0 Å². The maximum absolute atomic E-state index is 5.95. The Morgan fingerprint density at radius 3 is 2.88 bits per heavy atom. The molecule has 0 spiro atoms. The van der Waals surface area contributed by atoms with Gasteiger partial charge in [0.25, 0.3) is 0 Å². The third kappa shape index (κ3) is 3.07. The zero-order valence-corrected chi connectivity index (χ0v) is 15.2. The van der Waals surface area contributed by atoms with E-state index in [1.807, 2.05) is 4.68 Å². The summed E-state index contributed by atoms with van der Waals surface area (Å²) in [4.78, 5) is 10.8. The number of nitrogens with zero attached hydrogens (tertiary/aromatic N) is 5. The molecule has 0 amide bonds. The molecular formula is C18H21ClN6. The van der Waals surface area contributed by atoms with Crippen molar-refractivity contribution in [2.45, 2.75) is 39.4 Å². The Hall–Kier alpha value is -2.18. The monoisotopic (exact) mass is 356 g/mol. The van der Waals surface area contributed by atoms with Crippen molar-refractivity contribution in [3.63, 3.8) is 0 Å². The highest BCUT2D eigenvalue weighted by Gasteiger charge is 2.19. The van der Waals surface area contributed by atoms with Crippen LogP contribution in [0.2, 0.25) is 5.28 Å². The summed E-state index contributed by atoms with van der Waals surface area (Å²) >= 11 is 5.95. The van der Waals surface area contributed by atoms with E-state index in [1.165, 1.54) is 16.7 Å². The van der Waals surface area contributed by atoms with E-state index in [-0.39, 0.29) is 5.28 Å². The van der Waals surface area contributed by atoms with Gasteiger partial charge in [-0.05, 0) is 48.6 Å². The highest BCUT2D eigenvalue weighted by molar-refractivity contribution is 6.28. The molecule has 0 fully saturated rings. The van der Waals surface area contributed by atoms with Crippen LogP contribution < -0.4 is 5.73 Å². The fraction of sp³-hybridized carbons (Fsp3) is 0.389. The highest BCUT2D eigenvalue weighted by Crippen LogP contribution is 2.24. The molecule has 0 unspecified atom stereocenters. The number of nitrogens with two attached hydrogens (primary N) is 1. The smallest absolute Gasteiger partial charge is 0.226 e. The zero-order valence-electron chi connectivity index (χ0n) is 14.4. The molecule has 1 aliphatic rings. The molecule has 4 rings (SSSR count). The van der Waals surface area contributed by atoms with E-state index in [1.54, 1.807) is 6.20 Å². The first-order valence-corrected chi connectivity index (χ1v) is 8.88. The maximum atomic E-state index is 5.95. The van der Waals surface area contributed by atoms with Gasteiger partial charge in [0, 0.05) is 19.1 Å². The summed E-state index contributed by atoms with van der Waals surface area (Å²) in [6, 6.07) is 7.26. The third-order valence-corrected chi connectivity index (χ3v) is 5.04. The molecule has 1 aromatic carbocycles. The van der Waals surface area contributed by atoms with Crippen molar-refractivity contribution in [2.75, 3.05) is 12.3 Å². The van der Waals surface area contributed by atoms with E-state index >= 15 is 0 Å². The molecule has 0 bridgehead atoms. The molecule has 0 atom stereocenters. The average molecular weight is 357 g/mol. The molecule has 0 aliphatic carbocycles. The van der Waals surface area contributed by atoms with Crippen molar-refractivity contribution in [1.82, 2.24) is 24.6 Å². The highest BCUT2D eigenvalue weighted by atomic mass is 35.5. The lowest BCUT2D eigenvalue weighted by Crippen LogP contribution is -2.35. The maximum Gasteiger partial charge on any atom is 0.226 e. The van der Waals surface area contributed by atoms with Crippen molar-refractivity contribution in [3.05, 3.63) is 46.4 Å². The average Bonchev–Trinajstić information content (AvgIpc) is 2.97. The minimum atomic E-state index is 0.143. The number of benzene rings is 1. The fourth-order valence-electron chi connectivity index (χ4n) is 3.41. The first-order chi connectivity index (χ1) is 12.0. The Morgan fingerprint density at radius 1 is 1.24 bits per heavy atom. The molecule has 25 heavy (non-hydrogen) atoms. The molecular weight excluding hydrogens is 336 g/mol. The topological polar surface area (TPSA) is 72.9 Å². The number of rotatable bonds is 3. The van der Waals surface area contributed by atoms with Crippen molar-refractivity contribution in [1.29, 1.82) is 0 Å². The molecule has 0 radical (unpaired) electrons. The van der Waals surface area contributed by atoms with Crippen LogP contribution in [0.4, 0.5) is 5.82 Å². The van der Waals surface area contributed by atoms with Gasteiger partial charge in [0.1, 0.15) is 5.82 Å². The second kappa shape index (κ2) is 6.28. The molecule has 3 heterocycles. The normalized spacial score (nSPS) is 15.0. The quantitative estimate of drug-likeness (QED) is 0.730. The number of aromatic nitrogens is 4. The van der Waals surface area contributed by atoms with E-state index in [9.17, 15) is 0 Å². The number of hydrogen-bond donors (Lipinski definition) is 1. The van der Waals surface area contributed by atoms with Crippen LogP contribution in [0.15, 0.2) is 24.4 Å². The van der Waals surface area contributed by atoms with Crippen LogP contribution in [0.3, 0.4) is 0 Å². The molecule has 1 aliphatic heterocycles. The summed E-state index contributed by atoms with van der Waals surface area (Å²) < 4.78 is 1.82. The van der Waals surface area contributed by atoms with Gasteiger partial charge >= 0.3 is 0 Å². The molecule has 2 N–H and O–H groups in total. The predicted molar refractivity (Wildman–Crippen MR) is 99.5 cm³/mol. The molecule has 3 aromatic rings. The minimum absolute atomic E-state index is 0.143. The molecule has 0 saturated heterocycles. The van der Waals surface area contributed by atoms with Crippen LogP contribution >= 0.6 is 11.6 Å². The van der Waals surface area contributed by atoms with Gasteiger partial charge in [0.2, 0.25) is 5.28 Å². The standard InChI is InChI=1S/C18H21ClN6/c1-11(2)24-6-5-13-4-3-12(7-14(13)10-24)9-25-17-15(8-21-25)16(20)22-18(19)23-17/h3-4,7-8,11H,5-6,9-10H2,1-2H3,(H2,20,22,23). The van der Waals surface area contributed by atoms with E-state index < -0.39 is 0 Å². The van der Waals surface area contributed by atoms with Crippen LogP contribution in [0.25, 0.3) is 11.0 Å². The van der Waals surface area contributed by atoms with Crippen LogP contribution in [0.5, 0.6) is 0 Å². The van der Waals surface area contributed by atoms with Gasteiger partial charge < -0.3 is 5.73 Å². The summed E-state index contributed by atoms with van der Waals surface area (Å²) in [6.07, 6.45) is 2.80. The van der Waals surface area contributed by atoms with Crippen molar-refractivity contribution >= 4 is 28.5 Å². The lowest BCUT2D eigenvalue weighted by atomic mass is 9.96. The van der Waals surface area contributed by atoms with Crippen LogP contribution in [0, 0.1) is 0 Å². The van der Waals surface area contributed by atoms with Crippen LogP contribution in [-0.4, -0.2) is 37.2 Å². The van der Waals surface area contributed by atoms with Gasteiger partial charge in [-0.2, -0.15) is 10.1 Å². The second-order valence-electron chi connectivity index (χ2n) is 6.83. The summed E-state index contributed by atoms with van der Waals surface area (Å²) in [5.74, 6) is 0.360. The number of nitrogen functional groups attached to an aromatic ring is 1. The number of halogens is 1. The van der Waals surface area contributed by atoms with E-state index in [0.717, 1.165) is 24.9 Å². The van der Waals surface area contributed by atoms with Gasteiger partial charge in [-0.25, -0.2) is 9.67 Å². The Kier molecular flexibility index (Phi) is 4.09. The summed E-state index contributed by atoms with van der Waals surface area (Å²) in [6.45, 7) is 7.26. The summed E-state index contributed by atoms with van der Waals surface area (Å²) in [5.41, 5.74) is 10.6. The van der Waals surface area contributed by atoms with Gasteiger partial charge in [0.15, 0.2) is 5.65 Å². The first kappa shape index (κ1) is 16.3. The molecule has 7 heteroatoms. The molecule has 6 nitrogen and oxygen atoms in total. The number of anilines is 1. The van der Waals surface area contributed by atoms with E-state index in [2.05, 4.69) is 52.0 Å². The third-order valence-electron chi connectivity index (χ3n) is 4.87.